The first kappa shape index (κ1) is 27.7. The Bertz CT molecular complexity index is 1130. The molecule has 0 amide bonds. The van der Waals surface area contributed by atoms with E-state index in [2.05, 4.69) is 28.3 Å². The lowest BCUT2D eigenvalue weighted by Crippen LogP contribution is -2.40. The number of aliphatic hydroxyl groups is 4. The highest BCUT2D eigenvalue weighted by atomic mass is 31.3. The third-order valence-corrected chi connectivity index (χ3v) is 7.40. The fourth-order valence-electron chi connectivity index (χ4n) is 3.04. The Morgan fingerprint density at radius 2 is 1.89 bits per heavy atom. The van der Waals surface area contributed by atoms with E-state index in [1.165, 1.54) is 17.2 Å². The van der Waals surface area contributed by atoms with Gasteiger partial charge in [-0.25, -0.2) is 24.1 Å². The number of hydrogen-bond acceptors (Lipinski definition) is 15. The van der Waals surface area contributed by atoms with Gasteiger partial charge in [-0.1, -0.05) is 0 Å². The first-order valence-electron chi connectivity index (χ1n) is 9.75. The fourth-order valence-corrected chi connectivity index (χ4v) is 5.14. The third kappa shape index (κ3) is 6.85. The SMILES string of the molecule is Nc1ncnc2c1ncn2C1CC(O)C(COP(=O)(O)OP(=O)(O)OCC(O)C(O)C(O)C=O)O1. The minimum absolute atomic E-state index is 0.00837. The van der Waals surface area contributed by atoms with Crippen LogP contribution in [-0.4, -0.2) is 99.8 Å². The molecule has 3 heterocycles. The highest BCUT2D eigenvalue weighted by Crippen LogP contribution is 2.60. The van der Waals surface area contributed by atoms with Gasteiger partial charge in [-0.2, -0.15) is 4.31 Å². The predicted octanol–water partition coefficient (Wildman–Crippen LogP) is -2.41. The molecule has 20 heteroatoms. The van der Waals surface area contributed by atoms with Crippen molar-refractivity contribution < 1.29 is 62.2 Å². The molecule has 18 nitrogen and oxygen atoms in total. The van der Waals surface area contributed by atoms with Gasteiger partial charge < -0.3 is 45.5 Å². The summed E-state index contributed by atoms with van der Waals surface area (Å²) < 4.78 is 44.0. The maximum atomic E-state index is 12.1. The number of rotatable bonds is 12. The number of imidazole rings is 1. The number of ether oxygens (including phenoxy) is 1. The smallest absolute Gasteiger partial charge is 0.390 e. The number of hydrogen-bond donors (Lipinski definition) is 7. The number of aldehydes is 1. The number of nitrogen functional groups attached to an aromatic ring is 1. The van der Waals surface area contributed by atoms with Crippen molar-refractivity contribution >= 4 is 38.9 Å². The molecule has 1 saturated heterocycles. The van der Waals surface area contributed by atoms with Gasteiger partial charge in [0.05, 0.1) is 25.6 Å². The molecule has 0 radical (unpaired) electrons. The predicted molar refractivity (Wildman–Crippen MR) is 111 cm³/mol. The molecule has 8 unspecified atom stereocenters. The monoisotopic (exact) mass is 543 g/mol. The Kier molecular flexibility index (Phi) is 8.69. The van der Waals surface area contributed by atoms with Crippen molar-refractivity contribution in [2.75, 3.05) is 18.9 Å². The average molecular weight is 543 g/mol. The van der Waals surface area contributed by atoms with Crippen LogP contribution in [-0.2, 0) is 32.0 Å². The van der Waals surface area contributed by atoms with E-state index in [1.807, 2.05) is 0 Å². The summed E-state index contributed by atoms with van der Waals surface area (Å²) in [4.78, 5) is 41.6. The largest absolute Gasteiger partial charge is 0.481 e. The number of anilines is 1. The minimum atomic E-state index is -5.33. The number of nitrogens with two attached hydrogens (primary N) is 1. The lowest BCUT2D eigenvalue weighted by Gasteiger charge is -2.22. The fraction of sp³-hybridized carbons (Fsp3) is 0.600. The zero-order valence-electron chi connectivity index (χ0n) is 17.6. The zero-order chi connectivity index (χ0) is 26.0. The maximum absolute atomic E-state index is 12.1. The Morgan fingerprint density at radius 1 is 1.20 bits per heavy atom. The lowest BCUT2D eigenvalue weighted by atomic mass is 10.1. The lowest BCUT2D eigenvalue weighted by molar-refractivity contribution is -0.127. The van der Waals surface area contributed by atoms with Crippen LogP contribution in [0.5, 0.6) is 0 Å². The van der Waals surface area contributed by atoms with Crippen molar-refractivity contribution in [1.29, 1.82) is 0 Å². The molecule has 0 spiro atoms. The molecule has 1 aliphatic heterocycles. The molecule has 1 fully saturated rings. The maximum Gasteiger partial charge on any atom is 0.481 e. The standard InChI is InChI=1S/C15H23N5O13P2/c16-14-12-15(18-5-17-14)20(6-19-12)11-1-7(22)10(32-11)4-31-35(28,29)33-34(26,27)30-3-9(24)13(25)8(23)2-21/h2,5-11,13,22-25H,1,3-4H2,(H,26,27)(H,28,29)(H2,16,17,18). The summed E-state index contributed by atoms with van der Waals surface area (Å²) in [6.07, 6.45) is -6.77. The van der Waals surface area contributed by atoms with Crippen molar-refractivity contribution in [2.45, 2.75) is 43.2 Å². The average Bonchev–Trinajstić information content (AvgIpc) is 3.38. The molecule has 8 N–H and O–H groups in total. The van der Waals surface area contributed by atoms with Crippen molar-refractivity contribution in [3.8, 4) is 0 Å². The van der Waals surface area contributed by atoms with E-state index in [9.17, 15) is 39.0 Å². The van der Waals surface area contributed by atoms with Crippen LogP contribution in [0.15, 0.2) is 12.7 Å². The van der Waals surface area contributed by atoms with Crippen LogP contribution < -0.4 is 5.73 Å². The van der Waals surface area contributed by atoms with E-state index < -0.39 is 65.6 Å². The molecule has 2 aromatic heterocycles. The molecule has 35 heavy (non-hydrogen) atoms. The molecule has 1 aliphatic rings. The molecule has 2 aromatic rings. The van der Waals surface area contributed by atoms with E-state index in [4.69, 9.17) is 15.6 Å². The summed E-state index contributed by atoms with van der Waals surface area (Å²) in [5, 5.41) is 38.3. The molecule has 0 aliphatic carbocycles. The van der Waals surface area contributed by atoms with E-state index >= 15 is 0 Å². The van der Waals surface area contributed by atoms with Gasteiger partial charge >= 0.3 is 15.6 Å². The highest BCUT2D eigenvalue weighted by molar-refractivity contribution is 7.61. The van der Waals surface area contributed by atoms with Crippen LogP contribution in [0.25, 0.3) is 11.2 Å². The zero-order valence-corrected chi connectivity index (χ0v) is 19.4. The first-order chi connectivity index (χ1) is 16.3. The van der Waals surface area contributed by atoms with Gasteiger partial charge in [-0.15, -0.1) is 0 Å². The van der Waals surface area contributed by atoms with Crippen LogP contribution in [0.4, 0.5) is 5.82 Å². The molecular weight excluding hydrogens is 520 g/mol. The minimum Gasteiger partial charge on any atom is -0.390 e. The summed E-state index contributed by atoms with van der Waals surface area (Å²) in [5.41, 5.74) is 6.35. The number of phosphoric acid groups is 2. The van der Waals surface area contributed by atoms with Crippen LogP contribution in [0.1, 0.15) is 12.6 Å². The quantitative estimate of drug-likeness (QED) is 0.108. The van der Waals surface area contributed by atoms with E-state index in [-0.39, 0.29) is 18.5 Å². The molecule has 196 valence electrons. The van der Waals surface area contributed by atoms with Gasteiger partial charge in [-0.3, -0.25) is 13.6 Å². The van der Waals surface area contributed by atoms with Crippen molar-refractivity contribution in [3.05, 3.63) is 12.7 Å². The number of aromatic nitrogens is 4. The summed E-state index contributed by atoms with van der Waals surface area (Å²) >= 11 is 0. The first-order valence-corrected chi connectivity index (χ1v) is 12.7. The number of carbonyl (C=O) groups is 1. The van der Waals surface area contributed by atoms with Gasteiger partial charge in [0, 0.05) is 6.42 Å². The Balaban J connectivity index is 1.54. The molecular formula is C15H23N5O13P2. The van der Waals surface area contributed by atoms with Crippen LogP contribution in [0.3, 0.4) is 0 Å². The Hall–Kier alpha value is -1.92. The van der Waals surface area contributed by atoms with E-state index in [0.717, 1.165) is 0 Å². The topological polar surface area (TPSA) is 279 Å². The normalized spacial score (nSPS) is 26.6. The Morgan fingerprint density at radius 3 is 2.57 bits per heavy atom. The van der Waals surface area contributed by atoms with Gasteiger partial charge in [0.25, 0.3) is 0 Å². The second-order valence-electron chi connectivity index (χ2n) is 7.31. The summed E-state index contributed by atoms with van der Waals surface area (Å²) in [6.45, 7) is -1.90. The second-order valence-corrected chi connectivity index (χ2v) is 10.4. The summed E-state index contributed by atoms with van der Waals surface area (Å²) in [5.74, 6) is 0.128. The number of phosphoric ester groups is 2. The van der Waals surface area contributed by atoms with Gasteiger partial charge in [0.1, 0.15) is 42.5 Å². The van der Waals surface area contributed by atoms with Crippen LogP contribution in [0.2, 0.25) is 0 Å². The Labute approximate surface area is 196 Å². The molecule has 8 atom stereocenters. The van der Waals surface area contributed by atoms with Crippen LogP contribution >= 0.6 is 15.6 Å². The molecule has 0 bridgehead atoms. The second kappa shape index (κ2) is 11.0. The highest BCUT2D eigenvalue weighted by Gasteiger charge is 2.41. The van der Waals surface area contributed by atoms with E-state index in [1.54, 1.807) is 0 Å². The number of aliphatic hydroxyl groups excluding tert-OH is 4. The van der Waals surface area contributed by atoms with Crippen LogP contribution in [0, 0.1) is 0 Å². The molecule has 3 rings (SSSR count). The van der Waals surface area contributed by atoms with Crippen molar-refractivity contribution in [1.82, 2.24) is 19.5 Å². The molecule has 0 aromatic carbocycles. The summed E-state index contributed by atoms with van der Waals surface area (Å²) in [6, 6.07) is 0. The number of carbonyl (C=O) groups excluding carboxylic acids is 1. The van der Waals surface area contributed by atoms with Crippen molar-refractivity contribution in [2.24, 2.45) is 0 Å². The summed E-state index contributed by atoms with van der Waals surface area (Å²) in [7, 11) is -10.6. The number of nitrogens with zero attached hydrogens (tertiary/aromatic N) is 4. The van der Waals surface area contributed by atoms with E-state index in [0.29, 0.717) is 11.2 Å². The van der Waals surface area contributed by atoms with Gasteiger partial charge in [0.2, 0.25) is 0 Å². The van der Waals surface area contributed by atoms with Gasteiger partial charge in [-0.05, 0) is 0 Å². The third-order valence-electron chi connectivity index (χ3n) is 4.80. The molecule has 0 saturated carbocycles. The van der Waals surface area contributed by atoms with Gasteiger partial charge in [0.15, 0.2) is 17.8 Å². The number of fused-ring (bicyclic) bond motifs is 1. The van der Waals surface area contributed by atoms with Crippen molar-refractivity contribution in [3.63, 3.8) is 0 Å².